The SMILES string of the molecule is CCCN1CCC(C#N)(NC(=O)C(N)Cc2ccc(Cl)cc2)CC1. The van der Waals surface area contributed by atoms with Gasteiger partial charge in [0.25, 0.3) is 0 Å². The fourth-order valence-corrected chi connectivity index (χ4v) is 3.16. The average Bonchev–Trinajstić information content (AvgIpc) is 2.59. The number of benzene rings is 1. The number of piperidine rings is 1. The summed E-state index contributed by atoms with van der Waals surface area (Å²) in [6.07, 6.45) is 2.80. The van der Waals surface area contributed by atoms with Gasteiger partial charge in [-0.25, -0.2) is 0 Å². The van der Waals surface area contributed by atoms with Gasteiger partial charge in [0.2, 0.25) is 5.91 Å². The molecular formula is C18H25ClN4O. The summed E-state index contributed by atoms with van der Waals surface area (Å²) in [5.74, 6) is -0.268. The molecule has 0 aromatic heterocycles. The maximum Gasteiger partial charge on any atom is 0.238 e. The number of nitrogens with two attached hydrogens (primary N) is 1. The molecule has 24 heavy (non-hydrogen) atoms. The molecule has 1 aromatic carbocycles. The van der Waals surface area contributed by atoms with Gasteiger partial charge in [0, 0.05) is 18.1 Å². The van der Waals surface area contributed by atoms with Crippen LogP contribution in [-0.2, 0) is 11.2 Å². The fraction of sp³-hybridized carbons (Fsp3) is 0.556. The number of nitrogens with one attached hydrogen (secondary N) is 1. The summed E-state index contributed by atoms with van der Waals surface area (Å²) in [6.45, 7) is 4.83. The van der Waals surface area contributed by atoms with E-state index in [-0.39, 0.29) is 5.91 Å². The molecule has 6 heteroatoms. The Labute approximate surface area is 148 Å². The molecule has 1 saturated heterocycles. The first kappa shape index (κ1) is 18.7. The summed E-state index contributed by atoms with van der Waals surface area (Å²) in [5.41, 5.74) is 6.19. The summed E-state index contributed by atoms with van der Waals surface area (Å²) >= 11 is 5.86. The summed E-state index contributed by atoms with van der Waals surface area (Å²) in [7, 11) is 0. The van der Waals surface area contributed by atoms with E-state index in [9.17, 15) is 10.1 Å². The van der Waals surface area contributed by atoms with Gasteiger partial charge in [-0.3, -0.25) is 4.79 Å². The maximum atomic E-state index is 12.4. The second-order valence-electron chi connectivity index (χ2n) is 6.46. The van der Waals surface area contributed by atoms with Crippen LogP contribution >= 0.6 is 11.6 Å². The van der Waals surface area contributed by atoms with E-state index in [2.05, 4.69) is 23.2 Å². The molecule has 0 radical (unpaired) electrons. The third-order valence-electron chi connectivity index (χ3n) is 4.53. The Kier molecular flexibility index (Phi) is 6.61. The van der Waals surface area contributed by atoms with Gasteiger partial charge in [-0.2, -0.15) is 5.26 Å². The van der Waals surface area contributed by atoms with E-state index in [4.69, 9.17) is 17.3 Å². The number of amides is 1. The number of nitrogens with zero attached hydrogens (tertiary/aromatic N) is 2. The van der Waals surface area contributed by atoms with Crippen molar-refractivity contribution in [2.75, 3.05) is 19.6 Å². The van der Waals surface area contributed by atoms with Gasteiger partial charge in [0.1, 0.15) is 5.54 Å². The molecule has 1 aliphatic rings. The van der Waals surface area contributed by atoms with Gasteiger partial charge in [-0.1, -0.05) is 30.7 Å². The molecule has 2 rings (SSSR count). The van der Waals surface area contributed by atoms with Crippen molar-refractivity contribution >= 4 is 17.5 Å². The van der Waals surface area contributed by atoms with Crippen molar-refractivity contribution in [2.45, 2.75) is 44.2 Å². The minimum absolute atomic E-state index is 0.268. The molecule has 1 heterocycles. The number of carbonyl (C=O) groups is 1. The molecule has 1 unspecified atom stereocenters. The van der Waals surface area contributed by atoms with E-state index in [1.165, 1.54) is 0 Å². The van der Waals surface area contributed by atoms with E-state index in [1.807, 2.05) is 12.1 Å². The maximum absolute atomic E-state index is 12.4. The second kappa shape index (κ2) is 8.48. The lowest BCUT2D eigenvalue weighted by molar-refractivity contribution is -0.124. The third-order valence-corrected chi connectivity index (χ3v) is 4.78. The van der Waals surface area contributed by atoms with Crippen molar-refractivity contribution in [1.29, 1.82) is 5.26 Å². The highest BCUT2D eigenvalue weighted by atomic mass is 35.5. The van der Waals surface area contributed by atoms with Gasteiger partial charge in [0.15, 0.2) is 0 Å². The Hall–Kier alpha value is -1.61. The first-order valence-corrected chi connectivity index (χ1v) is 8.81. The summed E-state index contributed by atoms with van der Waals surface area (Å²) < 4.78 is 0. The van der Waals surface area contributed by atoms with E-state index >= 15 is 0 Å². The standard InChI is InChI=1S/C18H25ClN4O/c1-2-9-23-10-7-18(13-20,8-11-23)22-17(24)16(21)12-14-3-5-15(19)6-4-14/h3-6,16H,2,7-12,21H2,1H3,(H,22,24). The molecule has 130 valence electrons. The van der Waals surface area contributed by atoms with Crippen molar-refractivity contribution in [2.24, 2.45) is 5.73 Å². The Bertz CT molecular complexity index is 588. The summed E-state index contributed by atoms with van der Waals surface area (Å²) in [5, 5.41) is 13.1. The highest BCUT2D eigenvalue weighted by Crippen LogP contribution is 2.22. The first-order chi connectivity index (χ1) is 11.5. The molecule has 0 saturated carbocycles. The number of likely N-dealkylation sites (tertiary alicyclic amines) is 1. The minimum atomic E-state index is -0.793. The lowest BCUT2D eigenvalue weighted by atomic mass is 9.88. The molecule has 1 aliphatic heterocycles. The Morgan fingerprint density at radius 3 is 2.58 bits per heavy atom. The van der Waals surface area contributed by atoms with Crippen molar-refractivity contribution in [3.05, 3.63) is 34.9 Å². The fourth-order valence-electron chi connectivity index (χ4n) is 3.03. The lowest BCUT2D eigenvalue weighted by Gasteiger charge is -2.38. The second-order valence-corrected chi connectivity index (χ2v) is 6.90. The third kappa shape index (κ3) is 4.94. The Morgan fingerprint density at radius 2 is 2.04 bits per heavy atom. The lowest BCUT2D eigenvalue weighted by Crippen LogP contribution is -2.58. The van der Waals surface area contributed by atoms with Crippen LogP contribution in [0.15, 0.2) is 24.3 Å². The van der Waals surface area contributed by atoms with E-state index in [1.54, 1.807) is 12.1 Å². The van der Waals surface area contributed by atoms with Gasteiger partial charge in [-0.15, -0.1) is 0 Å². The van der Waals surface area contributed by atoms with Crippen molar-refractivity contribution in [3.8, 4) is 6.07 Å². The molecule has 0 bridgehead atoms. The van der Waals surface area contributed by atoms with Gasteiger partial charge >= 0.3 is 0 Å². The quantitative estimate of drug-likeness (QED) is 0.824. The molecule has 0 aliphatic carbocycles. The number of halogens is 1. The van der Waals surface area contributed by atoms with E-state index in [0.29, 0.717) is 24.3 Å². The zero-order valence-corrected chi connectivity index (χ0v) is 14.9. The number of hydrogen-bond acceptors (Lipinski definition) is 4. The number of rotatable bonds is 6. The largest absolute Gasteiger partial charge is 0.336 e. The molecule has 3 N–H and O–H groups in total. The summed E-state index contributed by atoms with van der Waals surface area (Å²) in [6, 6.07) is 8.91. The first-order valence-electron chi connectivity index (χ1n) is 8.43. The van der Waals surface area contributed by atoms with Gasteiger partial charge in [-0.05, 0) is 49.9 Å². The van der Waals surface area contributed by atoms with Crippen LogP contribution in [0.4, 0.5) is 0 Å². The highest BCUT2D eigenvalue weighted by molar-refractivity contribution is 6.30. The topological polar surface area (TPSA) is 82.2 Å². The van der Waals surface area contributed by atoms with Crippen LogP contribution < -0.4 is 11.1 Å². The molecule has 1 aromatic rings. The van der Waals surface area contributed by atoms with E-state index < -0.39 is 11.6 Å². The highest BCUT2D eigenvalue weighted by Gasteiger charge is 2.36. The Balaban J connectivity index is 1.92. The molecular weight excluding hydrogens is 324 g/mol. The van der Waals surface area contributed by atoms with E-state index in [0.717, 1.165) is 31.6 Å². The smallest absolute Gasteiger partial charge is 0.238 e. The monoisotopic (exact) mass is 348 g/mol. The minimum Gasteiger partial charge on any atom is -0.336 e. The van der Waals surface area contributed by atoms with Crippen LogP contribution in [0.1, 0.15) is 31.7 Å². The normalized spacial score (nSPS) is 18.6. The van der Waals surface area contributed by atoms with Crippen LogP contribution in [0, 0.1) is 11.3 Å². The van der Waals surface area contributed by atoms with Crippen LogP contribution in [0.2, 0.25) is 5.02 Å². The molecule has 1 atom stereocenters. The molecule has 1 amide bonds. The van der Waals surface area contributed by atoms with Crippen molar-refractivity contribution in [1.82, 2.24) is 10.2 Å². The molecule has 1 fully saturated rings. The van der Waals surface area contributed by atoms with Crippen LogP contribution in [0.25, 0.3) is 0 Å². The van der Waals surface area contributed by atoms with Crippen molar-refractivity contribution < 1.29 is 4.79 Å². The number of nitriles is 1. The Morgan fingerprint density at radius 1 is 1.42 bits per heavy atom. The summed E-state index contributed by atoms with van der Waals surface area (Å²) in [4.78, 5) is 14.8. The predicted molar refractivity (Wildman–Crippen MR) is 95.6 cm³/mol. The average molecular weight is 349 g/mol. The molecule has 0 spiro atoms. The van der Waals surface area contributed by atoms with Crippen LogP contribution in [0.3, 0.4) is 0 Å². The number of hydrogen-bond donors (Lipinski definition) is 2. The zero-order chi connectivity index (χ0) is 17.6. The van der Waals surface area contributed by atoms with Gasteiger partial charge < -0.3 is 16.0 Å². The molecule has 5 nitrogen and oxygen atoms in total. The number of carbonyl (C=O) groups excluding carboxylic acids is 1. The predicted octanol–water partition coefficient (Wildman–Crippen LogP) is 2.09. The van der Waals surface area contributed by atoms with Crippen LogP contribution in [0.5, 0.6) is 0 Å². The van der Waals surface area contributed by atoms with Gasteiger partial charge in [0.05, 0.1) is 12.1 Å². The van der Waals surface area contributed by atoms with Crippen LogP contribution in [-0.4, -0.2) is 42.0 Å². The zero-order valence-electron chi connectivity index (χ0n) is 14.1. The van der Waals surface area contributed by atoms with Crippen molar-refractivity contribution in [3.63, 3.8) is 0 Å².